The molecule has 0 radical (unpaired) electrons. The van der Waals surface area contributed by atoms with Crippen LogP contribution in [-0.2, 0) is 9.84 Å². The minimum absolute atomic E-state index is 0.0116. The Morgan fingerprint density at radius 3 is 2.42 bits per heavy atom. The third-order valence-corrected chi connectivity index (χ3v) is 6.92. The summed E-state index contributed by atoms with van der Waals surface area (Å²) in [6.45, 7) is 3.87. The Labute approximate surface area is 178 Å². The van der Waals surface area contributed by atoms with Gasteiger partial charge in [-0.2, -0.15) is 4.98 Å². The highest BCUT2D eigenvalue weighted by atomic mass is 32.2. The molecule has 0 amide bonds. The molecule has 31 heavy (non-hydrogen) atoms. The molecule has 12 heteroatoms. The van der Waals surface area contributed by atoms with Crippen molar-refractivity contribution in [2.75, 3.05) is 32.4 Å². The molecule has 168 valence electrons. The van der Waals surface area contributed by atoms with Crippen LogP contribution < -0.4 is 20.9 Å². The number of sulfone groups is 1. The fraction of sp³-hybridized carbons (Fsp3) is 0.474. The zero-order valence-corrected chi connectivity index (χ0v) is 17.8. The van der Waals surface area contributed by atoms with Gasteiger partial charge in [0.25, 0.3) is 0 Å². The minimum Gasteiger partial charge on any atom is -0.352 e. The normalized spacial score (nSPS) is 20.5. The molecule has 1 atom stereocenters. The molecule has 1 aromatic carbocycles. The molecule has 0 bridgehead atoms. The molecule has 0 spiro atoms. The molecule has 3 heterocycles. The largest absolute Gasteiger partial charge is 0.352 e. The maximum absolute atomic E-state index is 14.3. The van der Waals surface area contributed by atoms with Crippen LogP contribution in [0.5, 0.6) is 0 Å². The summed E-state index contributed by atoms with van der Waals surface area (Å²) < 4.78 is 65.7. The van der Waals surface area contributed by atoms with Gasteiger partial charge in [-0.15, -0.1) is 0 Å². The smallest absolute Gasteiger partial charge is 0.224 e. The number of aromatic nitrogens is 2. The lowest BCUT2D eigenvalue weighted by molar-refractivity contribution is 0.498. The molecular weight excluding hydrogens is 433 g/mol. The third kappa shape index (κ3) is 4.48. The maximum Gasteiger partial charge on any atom is 0.224 e. The van der Waals surface area contributed by atoms with Crippen LogP contribution in [0.4, 0.5) is 36.3 Å². The van der Waals surface area contributed by atoms with Crippen molar-refractivity contribution in [1.29, 1.82) is 0 Å². The zero-order valence-electron chi connectivity index (χ0n) is 17.0. The van der Waals surface area contributed by atoms with Crippen LogP contribution in [0.2, 0.25) is 0 Å². The first-order valence-corrected chi connectivity index (χ1v) is 11.7. The van der Waals surface area contributed by atoms with E-state index in [0.29, 0.717) is 42.4 Å². The van der Waals surface area contributed by atoms with Gasteiger partial charge in [-0.1, -0.05) is 0 Å². The average Bonchev–Trinajstić information content (AvgIpc) is 3.01. The second-order valence-electron chi connectivity index (χ2n) is 7.96. The highest BCUT2D eigenvalue weighted by Crippen LogP contribution is 2.38. The van der Waals surface area contributed by atoms with Crippen molar-refractivity contribution in [3.63, 3.8) is 0 Å². The number of fused-ring (bicyclic) bond motifs is 1. The van der Waals surface area contributed by atoms with Gasteiger partial charge in [-0.25, -0.2) is 26.6 Å². The number of hydrogen-bond acceptors (Lipinski definition) is 8. The monoisotopic (exact) mass is 456 g/mol. The van der Waals surface area contributed by atoms with Crippen molar-refractivity contribution < 1.29 is 21.6 Å². The molecule has 4 rings (SSSR count). The minimum atomic E-state index is -3.12. The first-order valence-electron chi connectivity index (χ1n) is 9.93. The first-order chi connectivity index (χ1) is 14.6. The van der Waals surface area contributed by atoms with Crippen molar-refractivity contribution in [2.45, 2.75) is 45.1 Å². The van der Waals surface area contributed by atoms with E-state index >= 15 is 0 Å². The van der Waals surface area contributed by atoms with E-state index in [-0.39, 0.29) is 23.6 Å². The number of benzene rings is 1. The van der Waals surface area contributed by atoms with E-state index in [2.05, 4.69) is 25.9 Å². The molecule has 2 aromatic rings. The highest BCUT2D eigenvalue weighted by Gasteiger charge is 2.39. The number of halogens is 3. The van der Waals surface area contributed by atoms with Gasteiger partial charge in [0.05, 0.1) is 23.4 Å². The SMILES string of the molecule is CC(C)Nc1ncc2c(n1)N(C1CCS(=O)(=O)CC1)C(Nc1c(F)cc(F)cc1F)N2. The summed E-state index contributed by atoms with van der Waals surface area (Å²) in [5.41, 5.74) is 0.0387. The van der Waals surface area contributed by atoms with Crippen LogP contribution in [0.15, 0.2) is 18.3 Å². The van der Waals surface area contributed by atoms with Crippen LogP contribution >= 0.6 is 0 Å². The Kier molecular flexibility index (Phi) is 5.58. The molecule has 1 unspecified atom stereocenters. The molecule has 1 fully saturated rings. The predicted octanol–water partition coefficient (Wildman–Crippen LogP) is 2.92. The lowest BCUT2D eigenvalue weighted by Crippen LogP contribution is -2.51. The Morgan fingerprint density at radius 1 is 1.16 bits per heavy atom. The first kappa shape index (κ1) is 21.5. The van der Waals surface area contributed by atoms with E-state index in [9.17, 15) is 21.6 Å². The number of anilines is 4. The summed E-state index contributed by atoms with van der Waals surface area (Å²) in [4.78, 5) is 10.6. The average molecular weight is 456 g/mol. The van der Waals surface area contributed by atoms with Crippen molar-refractivity contribution in [3.05, 3.63) is 35.8 Å². The van der Waals surface area contributed by atoms with Crippen LogP contribution in [0.3, 0.4) is 0 Å². The van der Waals surface area contributed by atoms with Crippen molar-refractivity contribution in [2.24, 2.45) is 0 Å². The molecule has 3 N–H and O–H groups in total. The summed E-state index contributed by atoms with van der Waals surface area (Å²) in [5, 5.41) is 8.93. The fourth-order valence-corrected chi connectivity index (χ4v) is 5.27. The van der Waals surface area contributed by atoms with Crippen LogP contribution in [-0.4, -0.2) is 48.3 Å². The highest BCUT2D eigenvalue weighted by molar-refractivity contribution is 7.91. The van der Waals surface area contributed by atoms with Crippen LogP contribution in [0.1, 0.15) is 26.7 Å². The van der Waals surface area contributed by atoms with Crippen molar-refractivity contribution >= 4 is 33.0 Å². The molecule has 2 aliphatic heterocycles. The Bertz CT molecular complexity index is 1060. The van der Waals surface area contributed by atoms with E-state index < -0.39 is 39.3 Å². The number of hydrogen-bond donors (Lipinski definition) is 3. The summed E-state index contributed by atoms with van der Waals surface area (Å²) >= 11 is 0. The van der Waals surface area contributed by atoms with Crippen molar-refractivity contribution in [1.82, 2.24) is 9.97 Å². The van der Waals surface area contributed by atoms with E-state index in [1.807, 2.05) is 13.8 Å². The maximum atomic E-state index is 14.3. The van der Waals surface area contributed by atoms with E-state index in [4.69, 9.17) is 0 Å². The quantitative estimate of drug-likeness (QED) is 0.632. The van der Waals surface area contributed by atoms with E-state index in [0.717, 1.165) is 0 Å². The van der Waals surface area contributed by atoms with Crippen LogP contribution in [0.25, 0.3) is 0 Å². The Morgan fingerprint density at radius 2 is 1.81 bits per heavy atom. The van der Waals surface area contributed by atoms with E-state index in [1.54, 1.807) is 11.1 Å². The second-order valence-corrected chi connectivity index (χ2v) is 10.3. The van der Waals surface area contributed by atoms with Gasteiger partial charge in [0.2, 0.25) is 5.95 Å². The molecule has 0 saturated carbocycles. The molecule has 8 nitrogen and oxygen atoms in total. The van der Waals surface area contributed by atoms with E-state index in [1.165, 1.54) is 0 Å². The predicted molar refractivity (Wildman–Crippen MR) is 112 cm³/mol. The Balaban J connectivity index is 1.69. The third-order valence-electron chi connectivity index (χ3n) is 5.21. The molecular formula is C19H23F3N6O2S. The van der Waals surface area contributed by atoms with Gasteiger partial charge < -0.3 is 20.9 Å². The van der Waals surface area contributed by atoms with Gasteiger partial charge in [-0.3, -0.25) is 0 Å². The van der Waals surface area contributed by atoms with Gasteiger partial charge in [-0.05, 0) is 26.7 Å². The molecule has 1 aromatic heterocycles. The summed E-state index contributed by atoms with van der Waals surface area (Å²) in [7, 11) is -3.12. The summed E-state index contributed by atoms with van der Waals surface area (Å²) in [6, 6.07) is 1.02. The summed E-state index contributed by atoms with van der Waals surface area (Å²) in [5.74, 6) is -2.28. The van der Waals surface area contributed by atoms with Gasteiger partial charge in [0, 0.05) is 24.2 Å². The standard InChI is InChI=1S/C19H23F3N6O2S/c1-10(2)24-18-23-9-15-17(27-18)28(12-3-5-31(29,30)6-4-12)19(25-15)26-16-13(21)7-11(20)8-14(16)22/h7-10,12,19,25-26H,3-6H2,1-2H3,(H,23,24,27). The molecule has 2 aliphatic rings. The van der Waals surface area contributed by atoms with Gasteiger partial charge >= 0.3 is 0 Å². The lowest BCUT2D eigenvalue weighted by Gasteiger charge is -2.36. The second kappa shape index (κ2) is 8.06. The Hall–Kier alpha value is -2.76. The topological polar surface area (TPSA) is 99.2 Å². The van der Waals surface area contributed by atoms with Crippen LogP contribution in [0, 0.1) is 17.5 Å². The lowest BCUT2D eigenvalue weighted by atomic mass is 10.1. The molecule has 0 aliphatic carbocycles. The van der Waals surface area contributed by atoms with Crippen molar-refractivity contribution in [3.8, 4) is 0 Å². The number of rotatable bonds is 5. The summed E-state index contributed by atoms with van der Waals surface area (Å²) in [6.07, 6.45) is 1.40. The fourth-order valence-electron chi connectivity index (χ4n) is 3.80. The number of nitrogens with zero attached hydrogens (tertiary/aromatic N) is 3. The van der Waals surface area contributed by atoms with Gasteiger partial charge in [0.1, 0.15) is 21.3 Å². The van der Waals surface area contributed by atoms with Gasteiger partial charge in [0.15, 0.2) is 23.7 Å². The zero-order chi connectivity index (χ0) is 22.3. The molecule has 1 saturated heterocycles. The number of nitrogens with one attached hydrogen (secondary N) is 3.